The SMILES string of the molecule is Cc1cc2c(nc(C)n2C)c(Cl)c1-c1cccn2c(C(=O)c3cc(F)c(F)c(F)c3)cc(C(=O)O)c12. The molecule has 10 heteroatoms. The molecule has 5 aromatic rings. The molecule has 0 fully saturated rings. The third kappa shape index (κ3) is 3.38. The Morgan fingerprint density at radius 3 is 2.36 bits per heavy atom. The second kappa shape index (κ2) is 8.23. The number of rotatable bonds is 4. The predicted molar refractivity (Wildman–Crippen MR) is 128 cm³/mol. The topological polar surface area (TPSA) is 76.6 Å². The number of imidazole rings is 1. The second-order valence-electron chi connectivity index (χ2n) is 8.44. The Balaban J connectivity index is 1.81. The van der Waals surface area contributed by atoms with Crippen LogP contribution in [0.15, 0.2) is 42.6 Å². The molecule has 5 rings (SSSR count). The van der Waals surface area contributed by atoms with Crippen LogP contribution in [0.4, 0.5) is 13.2 Å². The number of ketones is 1. The Morgan fingerprint density at radius 2 is 1.72 bits per heavy atom. The number of pyridine rings is 1. The fraction of sp³-hybridized carbons (Fsp3) is 0.115. The number of halogens is 4. The van der Waals surface area contributed by atoms with Crippen LogP contribution < -0.4 is 0 Å². The summed E-state index contributed by atoms with van der Waals surface area (Å²) in [4.78, 5) is 29.9. The van der Waals surface area contributed by atoms with Crippen molar-refractivity contribution in [1.82, 2.24) is 14.0 Å². The van der Waals surface area contributed by atoms with Gasteiger partial charge in [0.1, 0.15) is 11.3 Å². The van der Waals surface area contributed by atoms with Crippen LogP contribution >= 0.6 is 11.6 Å². The molecule has 0 aliphatic carbocycles. The lowest BCUT2D eigenvalue weighted by molar-refractivity contribution is 0.0699. The van der Waals surface area contributed by atoms with Gasteiger partial charge in [0.15, 0.2) is 17.5 Å². The summed E-state index contributed by atoms with van der Waals surface area (Å²) in [5.41, 5.74) is 2.36. The Kier molecular flexibility index (Phi) is 5.40. The third-order valence-corrected chi connectivity index (χ3v) is 6.67. The molecular weight excluding hydrogens is 495 g/mol. The lowest BCUT2D eigenvalue weighted by Crippen LogP contribution is -2.07. The van der Waals surface area contributed by atoms with E-state index in [-0.39, 0.29) is 16.8 Å². The van der Waals surface area contributed by atoms with Gasteiger partial charge in [0.25, 0.3) is 0 Å². The number of carboxylic acids is 1. The largest absolute Gasteiger partial charge is 0.478 e. The van der Waals surface area contributed by atoms with E-state index in [2.05, 4.69) is 4.98 Å². The van der Waals surface area contributed by atoms with Crippen molar-refractivity contribution in [2.75, 3.05) is 0 Å². The molecule has 1 N–H and O–H groups in total. The molecule has 0 spiro atoms. The van der Waals surface area contributed by atoms with Crippen molar-refractivity contribution in [3.05, 3.63) is 93.3 Å². The van der Waals surface area contributed by atoms with Gasteiger partial charge >= 0.3 is 5.97 Å². The standard InChI is InChI=1S/C26H17ClF3N3O3/c1-11-7-18-23(31-12(2)32(18)3)21(27)20(11)14-5-4-6-33-19(10-15(24(14)33)26(35)36)25(34)13-8-16(28)22(30)17(29)9-13/h4-10H,1-3H3,(H,35,36). The van der Waals surface area contributed by atoms with Crippen LogP contribution in [0.3, 0.4) is 0 Å². The number of aryl methyl sites for hydroxylation is 3. The van der Waals surface area contributed by atoms with Gasteiger partial charge in [-0.2, -0.15) is 0 Å². The van der Waals surface area contributed by atoms with Crippen LogP contribution in [-0.4, -0.2) is 30.8 Å². The van der Waals surface area contributed by atoms with E-state index in [1.165, 1.54) is 10.6 Å². The molecule has 0 saturated heterocycles. The highest BCUT2D eigenvalue weighted by Gasteiger charge is 2.26. The fourth-order valence-corrected chi connectivity index (χ4v) is 4.88. The summed E-state index contributed by atoms with van der Waals surface area (Å²) in [5, 5.41) is 10.3. The van der Waals surface area contributed by atoms with Crippen molar-refractivity contribution < 1.29 is 27.9 Å². The van der Waals surface area contributed by atoms with Crippen molar-refractivity contribution in [3.63, 3.8) is 0 Å². The highest BCUT2D eigenvalue weighted by Crippen LogP contribution is 2.40. The first kappa shape index (κ1) is 23.6. The molecule has 0 saturated carbocycles. The summed E-state index contributed by atoms with van der Waals surface area (Å²) in [7, 11) is 1.86. The summed E-state index contributed by atoms with van der Waals surface area (Å²) >= 11 is 6.80. The Morgan fingerprint density at radius 1 is 1.06 bits per heavy atom. The third-order valence-electron chi connectivity index (χ3n) is 6.31. The smallest absolute Gasteiger partial charge is 0.337 e. The van der Waals surface area contributed by atoms with Crippen LogP contribution in [0.5, 0.6) is 0 Å². The number of fused-ring (bicyclic) bond motifs is 2. The van der Waals surface area contributed by atoms with E-state index in [0.29, 0.717) is 33.8 Å². The van der Waals surface area contributed by atoms with E-state index in [1.54, 1.807) is 12.1 Å². The number of aromatic carboxylic acids is 1. The zero-order chi connectivity index (χ0) is 26.0. The molecule has 0 atom stereocenters. The number of carbonyl (C=O) groups excluding carboxylic acids is 1. The minimum Gasteiger partial charge on any atom is -0.478 e. The molecule has 6 nitrogen and oxygen atoms in total. The minimum absolute atomic E-state index is 0.161. The molecule has 3 heterocycles. The van der Waals surface area contributed by atoms with Crippen LogP contribution in [0.25, 0.3) is 27.7 Å². The zero-order valence-corrected chi connectivity index (χ0v) is 19.9. The molecule has 0 aliphatic rings. The predicted octanol–water partition coefficient (Wildman–Crippen LogP) is 6.11. The first-order valence-electron chi connectivity index (χ1n) is 10.7. The highest BCUT2D eigenvalue weighted by molar-refractivity contribution is 6.38. The highest BCUT2D eigenvalue weighted by atomic mass is 35.5. The molecule has 36 heavy (non-hydrogen) atoms. The van der Waals surface area contributed by atoms with Gasteiger partial charge in [-0.1, -0.05) is 17.7 Å². The van der Waals surface area contributed by atoms with Crippen molar-refractivity contribution in [1.29, 1.82) is 0 Å². The van der Waals surface area contributed by atoms with Gasteiger partial charge < -0.3 is 14.1 Å². The van der Waals surface area contributed by atoms with E-state index < -0.39 is 34.8 Å². The number of carbonyl (C=O) groups is 2. The Hall–Kier alpha value is -4.11. The molecule has 0 bridgehead atoms. The quantitative estimate of drug-likeness (QED) is 0.233. The average Bonchev–Trinajstić information content (AvgIpc) is 3.36. The Bertz CT molecular complexity index is 1750. The fourth-order valence-electron chi connectivity index (χ4n) is 4.49. The summed E-state index contributed by atoms with van der Waals surface area (Å²) in [6.07, 6.45) is 1.46. The van der Waals surface area contributed by atoms with Crippen LogP contribution in [0.1, 0.15) is 37.8 Å². The molecule has 2 aromatic carbocycles. The van der Waals surface area contributed by atoms with Crippen LogP contribution in [0, 0.1) is 31.3 Å². The van der Waals surface area contributed by atoms with Crippen molar-refractivity contribution in [2.45, 2.75) is 13.8 Å². The molecule has 0 amide bonds. The number of carboxylic acid groups (broad SMARTS) is 1. The Labute approximate surface area is 207 Å². The summed E-state index contributed by atoms with van der Waals surface area (Å²) in [6, 6.07) is 7.42. The maximum absolute atomic E-state index is 13.8. The second-order valence-corrected chi connectivity index (χ2v) is 8.82. The first-order chi connectivity index (χ1) is 17.0. The summed E-state index contributed by atoms with van der Waals surface area (Å²) < 4.78 is 44.2. The molecule has 0 aliphatic heterocycles. The van der Waals surface area contributed by atoms with E-state index in [4.69, 9.17) is 11.6 Å². The van der Waals surface area contributed by atoms with Gasteiger partial charge in [0.2, 0.25) is 5.78 Å². The van der Waals surface area contributed by atoms with Crippen molar-refractivity contribution >= 4 is 39.9 Å². The van der Waals surface area contributed by atoms with Crippen LogP contribution in [-0.2, 0) is 7.05 Å². The number of hydrogen-bond acceptors (Lipinski definition) is 3. The van der Waals surface area contributed by atoms with Crippen molar-refractivity contribution in [2.24, 2.45) is 7.05 Å². The monoisotopic (exact) mass is 511 g/mol. The molecule has 0 unspecified atom stereocenters. The maximum Gasteiger partial charge on any atom is 0.337 e. The normalized spacial score (nSPS) is 11.5. The number of nitrogens with zero attached hydrogens (tertiary/aromatic N) is 3. The van der Waals surface area contributed by atoms with Crippen molar-refractivity contribution in [3.8, 4) is 11.1 Å². The molecular formula is C26H17ClF3N3O3. The van der Waals surface area contributed by atoms with E-state index in [9.17, 15) is 27.9 Å². The average molecular weight is 512 g/mol. The van der Waals surface area contributed by atoms with Gasteiger partial charge in [-0.25, -0.2) is 22.9 Å². The lowest BCUT2D eigenvalue weighted by Gasteiger charge is -2.13. The molecule has 0 radical (unpaired) electrons. The zero-order valence-electron chi connectivity index (χ0n) is 19.2. The van der Waals surface area contributed by atoms with Gasteiger partial charge in [0, 0.05) is 29.9 Å². The number of aromatic nitrogens is 3. The summed E-state index contributed by atoms with van der Waals surface area (Å²) in [5.74, 6) is -6.22. The van der Waals surface area contributed by atoms with Gasteiger partial charge in [-0.15, -0.1) is 0 Å². The lowest BCUT2D eigenvalue weighted by atomic mass is 9.98. The molecule has 3 aromatic heterocycles. The van der Waals surface area contributed by atoms with E-state index in [1.807, 2.05) is 31.5 Å². The summed E-state index contributed by atoms with van der Waals surface area (Å²) in [6.45, 7) is 3.66. The molecule has 182 valence electrons. The maximum atomic E-state index is 13.8. The van der Waals surface area contributed by atoms with Gasteiger partial charge in [0.05, 0.1) is 27.3 Å². The minimum atomic E-state index is -1.70. The van der Waals surface area contributed by atoms with Gasteiger partial charge in [-0.05, 0) is 49.7 Å². The number of hydrogen-bond donors (Lipinski definition) is 1. The first-order valence-corrected chi connectivity index (χ1v) is 11.1. The van der Waals surface area contributed by atoms with Gasteiger partial charge in [-0.3, -0.25) is 4.79 Å². The van der Waals surface area contributed by atoms with Crippen LogP contribution in [0.2, 0.25) is 5.02 Å². The number of benzene rings is 2. The van der Waals surface area contributed by atoms with E-state index >= 15 is 0 Å². The van der Waals surface area contributed by atoms with E-state index in [0.717, 1.165) is 23.0 Å².